The van der Waals surface area contributed by atoms with Gasteiger partial charge in [0.25, 0.3) is 0 Å². The molecule has 2 heteroatoms. The summed E-state index contributed by atoms with van der Waals surface area (Å²) in [5.41, 5.74) is 3.25. The molecule has 1 aliphatic heterocycles. The van der Waals surface area contributed by atoms with E-state index in [-0.39, 0.29) is 0 Å². The Labute approximate surface area is 96.6 Å². The molecular formula is C13H26OSi. The maximum absolute atomic E-state index is 5.91. The maximum atomic E-state index is 5.91. The van der Waals surface area contributed by atoms with Crippen LogP contribution in [0.3, 0.4) is 0 Å². The lowest BCUT2D eigenvalue weighted by atomic mass is 10.1. The normalized spacial score (nSPS) is 23.8. The van der Waals surface area contributed by atoms with Crippen LogP contribution in [-0.2, 0) is 4.43 Å². The second-order valence-electron chi connectivity index (χ2n) is 4.86. The zero-order valence-corrected chi connectivity index (χ0v) is 11.8. The van der Waals surface area contributed by atoms with E-state index in [4.69, 9.17) is 4.43 Å². The van der Waals surface area contributed by atoms with Crippen LogP contribution in [0.4, 0.5) is 0 Å². The zero-order chi connectivity index (χ0) is 11.1. The lowest BCUT2D eigenvalue weighted by Crippen LogP contribution is -2.23. The molecule has 1 heterocycles. The second-order valence-corrected chi connectivity index (χ2v) is 7.42. The van der Waals surface area contributed by atoms with Gasteiger partial charge in [0.05, 0.1) is 0 Å². The smallest absolute Gasteiger partial charge is 0.180 e. The van der Waals surface area contributed by atoms with E-state index in [0.29, 0.717) is 0 Å². The molecule has 0 aliphatic carbocycles. The molecule has 0 N–H and O–H groups in total. The van der Waals surface area contributed by atoms with Crippen molar-refractivity contribution in [2.75, 3.05) is 6.61 Å². The fraction of sp³-hybridized carbons (Fsp3) is 0.846. The minimum Gasteiger partial charge on any atom is -0.420 e. The van der Waals surface area contributed by atoms with Crippen molar-refractivity contribution in [1.29, 1.82) is 0 Å². The Morgan fingerprint density at radius 1 is 1.20 bits per heavy atom. The zero-order valence-electron chi connectivity index (χ0n) is 10.6. The summed E-state index contributed by atoms with van der Waals surface area (Å²) >= 11 is 0. The van der Waals surface area contributed by atoms with E-state index in [0.717, 1.165) is 6.61 Å². The van der Waals surface area contributed by atoms with E-state index in [1.54, 1.807) is 11.1 Å². The SMILES string of the molecule is CCCCC(C)=C(C)C[SiH]1CCCCO1. The highest BCUT2D eigenvalue weighted by Gasteiger charge is 2.16. The first-order chi connectivity index (χ1) is 7.24. The summed E-state index contributed by atoms with van der Waals surface area (Å²) in [6.45, 7) is 7.93. The molecule has 0 amide bonds. The largest absolute Gasteiger partial charge is 0.420 e. The van der Waals surface area contributed by atoms with E-state index in [1.807, 2.05) is 0 Å². The summed E-state index contributed by atoms with van der Waals surface area (Å²) in [7, 11) is -0.832. The van der Waals surface area contributed by atoms with Gasteiger partial charge < -0.3 is 4.43 Å². The fourth-order valence-electron chi connectivity index (χ4n) is 2.14. The topological polar surface area (TPSA) is 9.23 Å². The summed E-state index contributed by atoms with van der Waals surface area (Å²) in [5.74, 6) is 0. The van der Waals surface area contributed by atoms with Crippen molar-refractivity contribution >= 4 is 9.04 Å². The monoisotopic (exact) mass is 226 g/mol. The molecule has 88 valence electrons. The number of allylic oxidation sites excluding steroid dienone is 2. The molecule has 1 unspecified atom stereocenters. The van der Waals surface area contributed by atoms with Crippen LogP contribution < -0.4 is 0 Å². The van der Waals surface area contributed by atoms with Gasteiger partial charge in [-0.3, -0.25) is 0 Å². The summed E-state index contributed by atoms with van der Waals surface area (Å²) in [4.78, 5) is 0. The summed E-state index contributed by atoms with van der Waals surface area (Å²) < 4.78 is 5.91. The van der Waals surface area contributed by atoms with Gasteiger partial charge in [-0.05, 0) is 45.2 Å². The molecule has 0 spiro atoms. The Bertz CT molecular complexity index is 205. The Morgan fingerprint density at radius 2 is 2.00 bits per heavy atom. The average Bonchev–Trinajstić information content (AvgIpc) is 2.27. The van der Waals surface area contributed by atoms with Gasteiger partial charge >= 0.3 is 0 Å². The first-order valence-electron chi connectivity index (χ1n) is 6.51. The quantitative estimate of drug-likeness (QED) is 0.508. The van der Waals surface area contributed by atoms with Crippen LogP contribution in [-0.4, -0.2) is 15.6 Å². The number of hydrogen-bond acceptors (Lipinski definition) is 1. The molecule has 15 heavy (non-hydrogen) atoms. The molecule has 1 atom stereocenters. The molecule has 1 rings (SSSR count). The van der Waals surface area contributed by atoms with Crippen LogP contribution in [0.2, 0.25) is 12.1 Å². The van der Waals surface area contributed by atoms with Gasteiger partial charge in [0, 0.05) is 6.61 Å². The Hall–Kier alpha value is -0.0831. The molecule has 1 saturated heterocycles. The maximum Gasteiger partial charge on any atom is 0.180 e. The molecule has 0 aromatic rings. The molecule has 1 aliphatic rings. The summed E-state index contributed by atoms with van der Waals surface area (Å²) in [6, 6.07) is 2.70. The molecule has 1 nitrogen and oxygen atoms in total. The third kappa shape index (κ3) is 4.98. The third-order valence-corrected chi connectivity index (χ3v) is 6.27. The van der Waals surface area contributed by atoms with Crippen molar-refractivity contribution in [1.82, 2.24) is 0 Å². The van der Waals surface area contributed by atoms with E-state index in [1.165, 1.54) is 44.2 Å². The van der Waals surface area contributed by atoms with Gasteiger partial charge in [0.2, 0.25) is 0 Å². The van der Waals surface area contributed by atoms with Crippen LogP contribution in [0.5, 0.6) is 0 Å². The van der Waals surface area contributed by atoms with Crippen molar-refractivity contribution in [2.24, 2.45) is 0 Å². The third-order valence-electron chi connectivity index (χ3n) is 3.44. The van der Waals surface area contributed by atoms with Gasteiger partial charge in [-0.2, -0.15) is 0 Å². The van der Waals surface area contributed by atoms with E-state index < -0.39 is 9.04 Å². The van der Waals surface area contributed by atoms with Crippen LogP contribution in [0.25, 0.3) is 0 Å². The lowest BCUT2D eigenvalue weighted by molar-refractivity contribution is 0.288. The predicted molar refractivity (Wildman–Crippen MR) is 69.8 cm³/mol. The van der Waals surface area contributed by atoms with E-state index in [2.05, 4.69) is 20.8 Å². The first kappa shape index (κ1) is 13.0. The average molecular weight is 226 g/mol. The minimum absolute atomic E-state index is 0.832. The Balaban J connectivity index is 2.34. The number of unbranched alkanes of at least 4 members (excludes halogenated alkanes) is 1. The molecule has 1 fully saturated rings. The summed E-state index contributed by atoms with van der Waals surface area (Å²) in [6.07, 6.45) is 6.65. The van der Waals surface area contributed by atoms with Crippen molar-refractivity contribution in [3.8, 4) is 0 Å². The van der Waals surface area contributed by atoms with Gasteiger partial charge in [-0.25, -0.2) is 0 Å². The van der Waals surface area contributed by atoms with Crippen LogP contribution in [0.15, 0.2) is 11.1 Å². The highest BCUT2D eigenvalue weighted by molar-refractivity contribution is 6.52. The molecule has 0 saturated carbocycles. The van der Waals surface area contributed by atoms with Crippen molar-refractivity contribution in [2.45, 2.75) is 65.0 Å². The minimum atomic E-state index is -0.832. The molecule has 0 bridgehead atoms. The van der Waals surface area contributed by atoms with Gasteiger partial charge in [-0.1, -0.05) is 30.9 Å². The first-order valence-corrected chi connectivity index (χ1v) is 8.61. The van der Waals surface area contributed by atoms with Crippen LogP contribution in [0, 0.1) is 0 Å². The highest BCUT2D eigenvalue weighted by atomic mass is 28.3. The second kappa shape index (κ2) is 7.23. The Morgan fingerprint density at radius 3 is 2.60 bits per heavy atom. The highest BCUT2D eigenvalue weighted by Crippen LogP contribution is 2.21. The van der Waals surface area contributed by atoms with E-state index in [9.17, 15) is 0 Å². The lowest BCUT2D eigenvalue weighted by Gasteiger charge is -2.22. The molecular weight excluding hydrogens is 200 g/mol. The van der Waals surface area contributed by atoms with Gasteiger partial charge in [0.1, 0.15) is 0 Å². The standard InChI is InChI=1S/C13H26OSi/c1-4-5-8-12(2)13(3)11-15-10-7-6-9-14-15/h15H,4-11H2,1-3H3. The Kier molecular flexibility index (Phi) is 6.26. The van der Waals surface area contributed by atoms with Gasteiger partial charge in [-0.15, -0.1) is 0 Å². The molecule has 0 aromatic heterocycles. The van der Waals surface area contributed by atoms with E-state index >= 15 is 0 Å². The van der Waals surface area contributed by atoms with Crippen LogP contribution >= 0.6 is 0 Å². The van der Waals surface area contributed by atoms with Crippen molar-refractivity contribution in [3.05, 3.63) is 11.1 Å². The molecule has 0 aromatic carbocycles. The predicted octanol–water partition coefficient (Wildman–Crippen LogP) is 4.05. The fourth-order valence-corrected chi connectivity index (χ4v) is 4.90. The van der Waals surface area contributed by atoms with Crippen molar-refractivity contribution in [3.63, 3.8) is 0 Å². The van der Waals surface area contributed by atoms with Crippen molar-refractivity contribution < 1.29 is 4.43 Å². The molecule has 0 radical (unpaired) electrons. The number of hydrogen-bond donors (Lipinski definition) is 0. The summed E-state index contributed by atoms with van der Waals surface area (Å²) in [5, 5.41) is 0. The van der Waals surface area contributed by atoms with Crippen LogP contribution in [0.1, 0.15) is 52.9 Å². The number of rotatable bonds is 5. The van der Waals surface area contributed by atoms with Gasteiger partial charge in [0.15, 0.2) is 9.04 Å².